The molecule has 96 valence electrons. The average Bonchev–Trinajstić information content (AvgIpc) is 2.30. The zero-order chi connectivity index (χ0) is 12.7. The van der Waals surface area contributed by atoms with E-state index >= 15 is 0 Å². The first-order valence-electron chi connectivity index (χ1n) is 6.60. The zero-order valence-corrected chi connectivity index (χ0v) is 11.5. The molecule has 1 atom stereocenters. The quantitative estimate of drug-likeness (QED) is 0.780. The third-order valence-corrected chi connectivity index (χ3v) is 2.90. The van der Waals surface area contributed by atoms with Gasteiger partial charge in [0.2, 0.25) is 0 Å². The molecular formula is C15H25NO. The predicted molar refractivity (Wildman–Crippen MR) is 73.8 cm³/mol. The van der Waals surface area contributed by atoms with E-state index in [1.54, 1.807) is 0 Å². The van der Waals surface area contributed by atoms with Crippen molar-refractivity contribution in [1.29, 1.82) is 0 Å². The Hall–Kier alpha value is -1.02. The molecule has 2 nitrogen and oxygen atoms in total. The van der Waals surface area contributed by atoms with Gasteiger partial charge in [0.25, 0.3) is 0 Å². The van der Waals surface area contributed by atoms with Crippen molar-refractivity contribution in [2.24, 2.45) is 0 Å². The molecule has 1 N–H and O–H groups in total. The van der Waals surface area contributed by atoms with Gasteiger partial charge in [-0.25, -0.2) is 0 Å². The summed E-state index contributed by atoms with van der Waals surface area (Å²) in [6.07, 6.45) is 1.04. The van der Waals surface area contributed by atoms with Crippen LogP contribution in [0.1, 0.15) is 45.6 Å². The molecule has 1 aromatic rings. The average molecular weight is 235 g/mol. The molecule has 0 heterocycles. The maximum Gasteiger partial charge on any atom is 0.122 e. The van der Waals surface area contributed by atoms with Crippen LogP contribution in [0.4, 0.5) is 0 Å². The second-order valence-electron chi connectivity index (χ2n) is 4.79. The van der Waals surface area contributed by atoms with Gasteiger partial charge in [-0.05, 0) is 37.4 Å². The van der Waals surface area contributed by atoms with Gasteiger partial charge in [-0.15, -0.1) is 0 Å². The lowest BCUT2D eigenvalue weighted by Crippen LogP contribution is -2.27. The van der Waals surface area contributed by atoms with Crippen LogP contribution in [-0.4, -0.2) is 19.2 Å². The molecule has 17 heavy (non-hydrogen) atoms. The molecule has 0 aliphatic carbocycles. The van der Waals surface area contributed by atoms with Gasteiger partial charge in [0.1, 0.15) is 5.75 Å². The molecule has 0 spiro atoms. The number of para-hydroxylation sites is 1. The summed E-state index contributed by atoms with van der Waals surface area (Å²) < 4.78 is 5.88. The Morgan fingerprint density at radius 1 is 1.18 bits per heavy atom. The van der Waals surface area contributed by atoms with Crippen molar-refractivity contribution in [2.75, 3.05) is 13.2 Å². The van der Waals surface area contributed by atoms with Crippen molar-refractivity contribution in [3.63, 3.8) is 0 Å². The number of benzene rings is 1. The van der Waals surface area contributed by atoms with Crippen molar-refractivity contribution in [3.8, 4) is 5.75 Å². The van der Waals surface area contributed by atoms with Gasteiger partial charge in [-0.1, -0.05) is 39.0 Å². The third-order valence-electron chi connectivity index (χ3n) is 2.90. The van der Waals surface area contributed by atoms with E-state index < -0.39 is 0 Å². The normalized spacial score (nSPS) is 12.8. The second kappa shape index (κ2) is 7.33. The van der Waals surface area contributed by atoms with Gasteiger partial charge in [0.15, 0.2) is 0 Å². The van der Waals surface area contributed by atoms with Crippen LogP contribution in [-0.2, 0) is 0 Å². The first kappa shape index (κ1) is 14.0. The SMILES string of the molecule is CCNC(C)CCOc1ccccc1C(C)C. The van der Waals surface area contributed by atoms with Crippen LogP contribution in [0.3, 0.4) is 0 Å². The molecule has 0 aliphatic heterocycles. The molecular weight excluding hydrogens is 210 g/mol. The highest BCUT2D eigenvalue weighted by atomic mass is 16.5. The number of nitrogens with one attached hydrogen (secondary N) is 1. The Morgan fingerprint density at radius 2 is 1.88 bits per heavy atom. The summed E-state index contributed by atoms with van der Waals surface area (Å²) in [7, 11) is 0. The van der Waals surface area contributed by atoms with Gasteiger partial charge < -0.3 is 10.1 Å². The summed E-state index contributed by atoms with van der Waals surface area (Å²) in [5.74, 6) is 1.54. The van der Waals surface area contributed by atoms with Crippen LogP contribution in [0.2, 0.25) is 0 Å². The number of rotatable bonds is 7. The van der Waals surface area contributed by atoms with E-state index in [9.17, 15) is 0 Å². The van der Waals surface area contributed by atoms with Crippen LogP contribution in [0.25, 0.3) is 0 Å². The Kier molecular flexibility index (Phi) is 6.06. The lowest BCUT2D eigenvalue weighted by atomic mass is 10.0. The maximum atomic E-state index is 5.88. The van der Waals surface area contributed by atoms with Crippen molar-refractivity contribution in [3.05, 3.63) is 29.8 Å². The molecule has 0 aliphatic rings. The largest absolute Gasteiger partial charge is 0.493 e. The van der Waals surface area contributed by atoms with Crippen LogP contribution in [0.15, 0.2) is 24.3 Å². The molecule has 0 aromatic heterocycles. The number of hydrogen-bond acceptors (Lipinski definition) is 2. The summed E-state index contributed by atoms with van der Waals surface area (Å²) >= 11 is 0. The molecule has 0 bridgehead atoms. The first-order valence-corrected chi connectivity index (χ1v) is 6.60. The summed E-state index contributed by atoms with van der Waals surface area (Å²) in [5, 5.41) is 3.39. The lowest BCUT2D eigenvalue weighted by Gasteiger charge is -2.16. The van der Waals surface area contributed by atoms with Crippen LogP contribution >= 0.6 is 0 Å². The molecule has 1 unspecified atom stereocenters. The first-order chi connectivity index (χ1) is 8.15. The predicted octanol–water partition coefficient (Wildman–Crippen LogP) is 3.58. The Labute approximate surface area is 105 Å². The highest BCUT2D eigenvalue weighted by molar-refractivity contribution is 5.35. The summed E-state index contributed by atoms with van der Waals surface area (Å²) in [5.41, 5.74) is 1.30. The number of ether oxygens (including phenoxy) is 1. The molecule has 0 radical (unpaired) electrons. The lowest BCUT2D eigenvalue weighted by molar-refractivity contribution is 0.287. The van der Waals surface area contributed by atoms with E-state index in [2.05, 4.69) is 51.2 Å². The van der Waals surface area contributed by atoms with Crippen LogP contribution in [0, 0.1) is 0 Å². The minimum Gasteiger partial charge on any atom is -0.493 e. The Balaban J connectivity index is 2.46. The zero-order valence-electron chi connectivity index (χ0n) is 11.5. The van der Waals surface area contributed by atoms with E-state index in [0.29, 0.717) is 12.0 Å². The Morgan fingerprint density at radius 3 is 2.53 bits per heavy atom. The van der Waals surface area contributed by atoms with Gasteiger partial charge in [0, 0.05) is 6.04 Å². The standard InChI is InChI=1S/C15H25NO/c1-5-16-13(4)10-11-17-15-9-7-6-8-14(15)12(2)3/h6-9,12-13,16H,5,10-11H2,1-4H3. The van der Waals surface area contributed by atoms with Gasteiger partial charge in [-0.2, -0.15) is 0 Å². The Bertz CT molecular complexity index is 322. The monoisotopic (exact) mass is 235 g/mol. The van der Waals surface area contributed by atoms with E-state index in [-0.39, 0.29) is 0 Å². The molecule has 1 aromatic carbocycles. The fraction of sp³-hybridized carbons (Fsp3) is 0.600. The summed E-state index contributed by atoms with van der Waals surface area (Å²) in [6.45, 7) is 10.5. The minimum atomic E-state index is 0.511. The molecule has 0 saturated carbocycles. The van der Waals surface area contributed by atoms with Gasteiger partial charge >= 0.3 is 0 Å². The molecule has 0 saturated heterocycles. The third kappa shape index (κ3) is 4.78. The highest BCUT2D eigenvalue weighted by Crippen LogP contribution is 2.25. The number of hydrogen-bond donors (Lipinski definition) is 1. The van der Waals surface area contributed by atoms with E-state index in [4.69, 9.17) is 4.74 Å². The van der Waals surface area contributed by atoms with Crippen molar-refractivity contribution >= 4 is 0 Å². The molecule has 2 heteroatoms. The highest BCUT2D eigenvalue weighted by Gasteiger charge is 2.07. The van der Waals surface area contributed by atoms with Gasteiger partial charge in [-0.3, -0.25) is 0 Å². The summed E-state index contributed by atoms with van der Waals surface area (Å²) in [4.78, 5) is 0. The van der Waals surface area contributed by atoms with Crippen molar-refractivity contribution in [2.45, 2.75) is 46.1 Å². The van der Waals surface area contributed by atoms with Crippen molar-refractivity contribution < 1.29 is 4.74 Å². The smallest absolute Gasteiger partial charge is 0.122 e. The molecule has 0 fully saturated rings. The maximum absolute atomic E-state index is 5.88. The minimum absolute atomic E-state index is 0.511. The van der Waals surface area contributed by atoms with E-state index in [1.165, 1.54) is 5.56 Å². The fourth-order valence-corrected chi connectivity index (χ4v) is 1.89. The second-order valence-corrected chi connectivity index (χ2v) is 4.79. The van der Waals surface area contributed by atoms with E-state index in [1.807, 2.05) is 6.07 Å². The van der Waals surface area contributed by atoms with E-state index in [0.717, 1.165) is 25.3 Å². The van der Waals surface area contributed by atoms with Crippen LogP contribution < -0.4 is 10.1 Å². The fourth-order valence-electron chi connectivity index (χ4n) is 1.89. The van der Waals surface area contributed by atoms with Crippen molar-refractivity contribution in [1.82, 2.24) is 5.32 Å². The summed E-state index contributed by atoms with van der Waals surface area (Å²) in [6, 6.07) is 8.84. The van der Waals surface area contributed by atoms with Gasteiger partial charge in [0.05, 0.1) is 6.61 Å². The van der Waals surface area contributed by atoms with Crippen LogP contribution in [0.5, 0.6) is 5.75 Å². The molecule has 1 rings (SSSR count). The molecule has 0 amide bonds. The topological polar surface area (TPSA) is 21.3 Å².